The molecule has 0 bridgehead atoms. The average molecular weight is 253 g/mol. The van der Waals surface area contributed by atoms with E-state index in [0.29, 0.717) is 5.92 Å². The highest BCUT2D eigenvalue weighted by Crippen LogP contribution is 2.06. The molecule has 0 aliphatic carbocycles. The molecule has 1 N–H and O–H groups in total. The van der Waals surface area contributed by atoms with Crippen molar-refractivity contribution >= 4 is 5.84 Å². The van der Waals surface area contributed by atoms with Crippen LogP contribution in [-0.2, 0) is 4.84 Å². The average Bonchev–Trinajstić information content (AvgIpc) is 2.41. The molecule has 1 atom stereocenters. The Hall–Kier alpha value is -0.870. The molecule has 4 nitrogen and oxygen atoms in total. The summed E-state index contributed by atoms with van der Waals surface area (Å²) in [5.41, 5.74) is 1.06. The number of allylic oxidation sites excluding steroid dienone is 2. The van der Waals surface area contributed by atoms with Gasteiger partial charge in [0.05, 0.1) is 6.61 Å². The van der Waals surface area contributed by atoms with E-state index in [-0.39, 0.29) is 0 Å². The second-order valence-electron chi connectivity index (χ2n) is 4.97. The highest BCUT2D eigenvalue weighted by atomic mass is 16.7. The lowest BCUT2D eigenvalue weighted by Crippen LogP contribution is -2.31. The van der Waals surface area contributed by atoms with Crippen LogP contribution in [0.4, 0.5) is 0 Å². The summed E-state index contributed by atoms with van der Waals surface area (Å²) in [6.45, 7) is 12.1. The van der Waals surface area contributed by atoms with Gasteiger partial charge >= 0.3 is 0 Å². The Balaban J connectivity index is 2.63. The van der Waals surface area contributed by atoms with Crippen LogP contribution in [0.25, 0.3) is 0 Å². The summed E-state index contributed by atoms with van der Waals surface area (Å²) in [7, 11) is 0. The van der Waals surface area contributed by atoms with Crippen molar-refractivity contribution in [2.75, 3.05) is 26.2 Å². The second-order valence-corrected chi connectivity index (χ2v) is 4.97. The van der Waals surface area contributed by atoms with E-state index >= 15 is 0 Å². The molecular formula is C14H27N3O. The normalized spacial score (nSPS) is 24.4. The van der Waals surface area contributed by atoms with Gasteiger partial charge in [0.15, 0.2) is 0 Å². The quantitative estimate of drug-likeness (QED) is 0.607. The van der Waals surface area contributed by atoms with Gasteiger partial charge in [-0.1, -0.05) is 19.9 Å². The van der Waals surface area contributed by atoms with Crippen molar-refractivity contribution in [1.29, 1.82) is 0 Å². The minimum atomic E-state index is 0.533. The summed E-state index contributed by atoms with van der Waals surface area (Å²) in [4.78, 5) is 10.4. The molecule has 0 amide bonds. The van der Waals surface area contributed by atoms with E-state index in [2.05, 4.69) is 30.2 Å². The summed E-state index contributed by atoms with van der Waals surface area (Å²) in [5.74, 6) is 1.48. The van der Waals surface area contributed by atoms with Crippen LogP contribution in [0.15, 0.2) is 16.8 Å². The molecule has 0 saturated carbocycles. The third-order valence-corrected chi connectivity index (χ3v) is 2.92. The minimum Gasteiger partial charge on any atom is -0.316 e. The standard InChI is InChI=1S/C14H27N3O/c1-5-7-13(3)16-14(4)17-9-6-8-15-10-12(2)11-18-17/h7,12,15H,5-6,8-11H2,1-4H3/b13-7-,16-14?/t12-/m0/s1. The van der Waals surface area contributed by atoms with E-state index in [1.54, 1.807) is 0 Å². The van der Waals surface area contributed by atoms with Crippen LogP contribution in [-0.4, -0.2) is 37.1 Å². The summed E-state index contributed by atoms with van der Waals surface area (Å²) in [6.07, 6.45) is 4.23. The molecule has 1 aliphatic heterocycles. The fourth-order valence-corrected chi connectivity index (χ4v) is 1.94. The van der Waals surface area contributed by atoms with Crippen molar-refractivity contribution in [2.45, 2.75) is 40.5 Å². The molecule has 104 valence electrons. The van der Waals surface area contributed by atoms with Crippen LogP contribution in [0, 0.1) is 5.92 Å². The van der Waals surface area contributed by atoms with E-state index in [0.717, 1.165) is 50.6 Å². The topological polar surface area (TPSA) is 36.9 Å². The number of hydrogen-bond donors (Lipinski definition) is 1. The van der Waals surface area contributed by atoms with Gasteiger partial charge in [0.25, 0.3) is 0 Å². The zero-order chi connectivity index (χ0) is 13.4. The summed E-state index contributed by atoms with van der Waals surface area (Å²) >= 11 is 0. The van der Waals surface area contributed by atoms with Crippen LogP contribution in [0.2, 0.25) is 0 Å². The predicted molar refractivity (Wildman–Crippen MR) is 76.5 cm³/mol. The fourth-order valence-electron chi connectivity index (χ4n) is 1.94. The van der Waals surface area contributed by atoms with E-state index in [1.807, 2.05) is 18.9 Å². The molecule has 0 aromatic rings. The Morgan fingerprint density at radius 2 is 2.28 bits per heavy atom. The molecule has 0 aromatic carbocycles. The molecule has 0 radical (unpaired) electrons. The number of rotatable bonds is 2. The smallest absolute Gasteiger partial charge is 0.126 e. The highest BCUT2D eigenvalue weighted by molar-refractivity contribution is 5.79. The Morgan fingerprint density at radius 3 is 3.00 bits per heavy atom. The molecule has 4 heteroatoms. The zero-order valence-electron chi connectivity index (χ0n) is 12.2. The van der Waals surface area contributed by atoms with Gasteiger partial charge < -0.3 is 5.32 Å². The lowest BCUT2D eigenvalue weighted by Gasteiger charge is -2.23. The largest absolute Gasteiger partial charge is 0.316 e. The van der Waals surface area contributed by atoms with Gasteiger partial charge in [-0.3, -0.25) is 4.84 Å². The van der Waals surface area contributed by atoms with E-state index in [1.165, 1.54) is 0 Å². The monoisotopic (exact) mass is 253 g/mol. The predicted octanol–water partition coefficient (Wildman–Crippen LogP) is 2.58. The molecule has 0 unspecified atom stereocenters. The van der Waals surface area contributed by atoms with Gasteiger partial charge in [-0.25, -0.2) is 10.1 Å². The van der Waals surface area contributed by atoms with Gasteiger partial charge in [0.1, 0.15) is 5.84 Å². The molecule has 1 aliphatic rings. The van der Waals surface area contributed by atoms with Crippen molar-refractivity contribution in [2.24, 2.45) is 10.9 Å². The maximum atomic E-state index is 5.85. The van der Waals surface area contributed by atoms with Crippen molar-refractivity contribution in [3.63, 3.8) is 0 Å². The summed E-state index contributed by atoms with van der Waals surface area (Å²) in [6, 6.07) is 0. The number of hydrogen-bond acceptors (Lipinski definition) is 3. The van der Waals surface area contributed by atoms with Crippen molar-refractivity contribution < 1.29 is 4.84 Å². The molecule has 1 saturated heterocycles. The maximum absolute atomic E-state index is 5.85. The third kappa shape index (κ3) is 5.65. The first-order chi connectivity index (χ1) is 8.63. The van der Waals surface area contributed by atoms with Gasteiger partial charge in [-0.05, 0) is 45.7 Å². The number of aliphatic imine (C=N–C) groups is 1. The highest BCUT2D eigenvalue weighted by Gasteiger charge is 2.12. The van der Waals surface area contributed by atoms with E-state index < -0.39 is 0 Å². The summed E-state index contributed by atoms with van der Waals surface area (Å²) < 4.78 is 0. The minimum absolute atomic E-state index is 0.533. The first-order valence-electron chi connectivity index (χ1n) is 6.96. The van der Waals surface area contributed by atoms with Crippen LogP contribution >= 0.6 is 0 Å². The van der Waals surface area contributed by atoms with Gasteiger partial charge in [0, 0.05) is 12.2 Å². The Morgan fingerprint density at radius 1 is 1.50 bits per heavy atom. The molecule has 0 spiro atoms. The Bertz CT molecular complexity index is 299. The van der Waals surface area contributed by atoms with Crippen molar-refractivity contribution in [3.8, 4) is 0 Å². The molecule has 18 heavy (non-hydrogen) atoms. The fraction of sp³-hybridized carbons (Fsp3) is 0.786. The number of amidine groups is 1. The van der Waals surface area contributed by atoms with Crippen molar-refractivity contribution in [3.05, 3.63) is 11.8 Å². The lowest BCUT2D eigenvalue weighted by molar-refractivity contribution is -0.109. The lowest BCUT2D eigenvalue weighted by atomic mass is 10.2. The summed E-state index contributed by atoms with van der Waals surface area (Å²) in [5, 5.41) is 5.38. The second kappa shape index (κ2) is 8.27. The molecule has 1 heterocycles. The van der Waals surface area contributed by atoms with Crippen LogP contribution in [0.5, 0.6) is 0 Å². The van der Waals surface area contributed by atoms with E-state index in [4.69, 9.17) is 4.84 Å². The van der Waals surface area contributed by atoms with Crippen LogP contribution < -0.4 is 5.32 Å². The van der Waals surface area contributed by atoms with E-state index in [9.17, 15) is 0 Å². The van der Waals surface area contributed by atoms with Crippen LogP contribution in [0.1, 0.15) is 40.5 Å². The van der Waals surface area contributed by atoms with Crippen molar-refractivity contribution in [1.82, 2.24) is 10.4 Å². The van der Waals surface area contributed by atoms with Gasteiger partial charge in [0.2, 0.25) is 0 Å². The Labute approximate surface area is 111 Å². The molecule has 0 aromatic heterocycles. The Kier molecular flexibility index (Phi) is 6.98. The third-order valence-electron chi connectivity index (χ3n) is 2.92. The molecule has 1 fully saturated rings. The number of nitrogens with one attached hydrogen (secondary N) is 1. The van der Waals surface area contributed by atoms with Crippen LogP contribution in [0.3, 0.4) is 0 Å². The molecule has 1 rings (SSSR count). The van der Waals surface area contributed by atoms with Gasteiger partial charge in [-0.2, -0.15) is 0 Å². The number of nitrogens with zero attached hydrogens (tertiary/aromatic N) is 2. The van der Waals surface area contributed by atoms with Gasteiger partial charge in [-0.15, -0.1) is 0 Å². The number of hydroxylamine groups is 2. The first kappa shape index (κ1) is 15.2. The maximum Gasteiger partial charge on any atom is 0.126 e. The SMILES string of the molecule is CC/C=C(/C)N=C(C)N1CCCNC[C@H](C)CO1. The first-order valence-corrected chi connectivity index (χ1v) is 6.96. The molecular weight excluding hydrogens is 226 g/mol. The zero-order valence-corrected chi connectivity index (χ0v) is 12.2.